The summed E-state index contributed by atoms with van der Waals surface area (Å²) >= 11 is 12.9. The lowest BCUT2D eigenvalue weighted by molar-refractivity contribution is 1.40. The maximum Gasteiger partial charge on any atom is 0.0870 e. The first kappa shape index (κ1) is 9.44. The Morgan fingerprint density at radius 1 is 1.08 bits per heavy atom. The van der Waals surface area contributed by atoms with Crippen LogP contribution in [0.2, 0.25) is 5.02 Å². The summed E-state index contributed by atoms with van der Waals surface area (Å²) in [6.07, 6.45) is 1.70. The van der Waals surface area contributed by atoms with E-state index in [0.717, 1.165) is 19.8 Å². The highest BCUT2D eigenvalue weighted by Gasteiger charge is 2.06. The Morgan fingerprint density at radius 3 is 2.46 bits per heavy atom. The van der Waals surface area contributed by atoms with Gasteiger partial charge in [0.2, 0.25) is 0 Å². The SMILES string of the molecule is Clc1ccnc2c(Br)ccc(Br)c12. The summed E-state index contributed by atoms with van der Waals surface area (Å²) in [7, 11) is 0. The second-order valence-corrected chi connectivity index (χ2v) is 4.66. The summed E-state index contributed by atoms with van der Waals surface area (Å²) in [4.78, 5) is 4.24. The molecule has 0 amide bonds. The van der Waals surface area contributed by atoms with E-state index in [1.807, 2.05) is 12.1 Å². The molecule has 1 aromatic heterocycles. The van der Waals surface area contributed by atoms with Gasteiger partial charge in [0.05, 0.1) is 10.5 Å². The standard InChI is InChI=1S/C9H4Br2ClN/c10-5-1-2-6(11)9-8(5)7(12)3-4-13-9/h1-4H. The fourth-order valence-electron chi connectivity index (χ4n) is 1.16. The maximum absolute atomic E-state index is 6.04. The molecule has 0 atom stereocenters. The molecule has 1 heterocycles. The quantitative estimate of drug-likeness (QED) is 0.700. The van der Waals surface area contributed by atoms with Gasteiger partial charge in [-0.15, -0.1) is 0 Å². The lowest BCUT2D eigenvalue weighted by atomic mass is 10.2. The molecular weight excluding hydrogens is 317 g/mol. The molecule has 0 radical (unpaired) electrons. The second kappa shape index (κ2) is 3.56. The van der Waals surface area contributed by atoms with E-state index in [9.17, 15) is 0 Å². The number of benzene rings is 1. The molecule has 4 heteroatoms. The highest BCUT2D eigenvalue weighted by Crippen LogP contribution is 2.33. The third-order valence-electron chi connectivity index (χ3n) is 1.74. The molecule has 0 spiro atoms. The zero-order valence-electron chi connectivity index (χ0n) is 6.39. The smallest absolute Gasteiger partial charge is 0.0870 e. The molecule has 1 nitrogen and oxygen atoms in total. The van der Waals surface area contributed by atoms with E-state index in [1.54, 1.807) is 12.3 Å². The van der Waals surface area contributed by atoms with Crippen LogP contribution in [0.25, 0.3) is 10.9 Å². The number of aromatic nitrogens is 1. The van der Waals surface area contributed by atoms with Crippen LogP contribution in [0.5, 0.6) is 0 Å². The largest absolute Gasteiger partial charge is 0.255 e. The summed E-state index contributed by atoms with van der Waals surface area (Å²) in [5, 5.41) is 1.65. The number of pyridine rings is 1. The highest BCUT2D eigenvalue weighted by molar-refractivity contribution is 9.11. The van der Waals surface area contributed by atoms with Crippen molar-refractivity contribution in [1.29, 1.82) is 0 Å². The van der Waals surface area contributed by atoms with Crippen molar-refractivity contribution in [2.45, 2.75) is 0 Å². The van der Waals surface area contributed by atoms with Gasteiger partial charge in [-0.25, -0.2) is 0 Å². The van der Waals surface area contributed by atoms with Gasteiger partial charge in [-0.2, -0.15) is 0 Å². The van der Waals surface area contributed by atoms with Crippen LogP contribution in [0.3, 0.4) is 0 Å². The fraction of sp³-hybridized carbons (Fsp3) is 0. The molecule has 0 fully saturated rings. The molecule has 0 aliphatic heterocycles. The minimum atomic E-state index is 0.707. The van der Waals surface area contributed by atoms with Crippen molar-refractivity contribution in [1.82, 2.24) is 4.98 Å². The van der Waals surface area contributed by atoms with Gasteiger partial charge in [0.1, 0.15) is 0 Å². The molecular formula is C9H4Br2ClN. The van der Waals surface area contributed by atoms with E-state index in [0.29, 0.717) is 5.02 Å². The van der Waals surface area contributed by atoms with Crippen LogP contribution in [-0.4, -0.2) is 4.98 Å². The van der Waals surface area contributed by atoms with Crippen LogP contribution < -0.4 is 0 Å². The molecule has 66 valence electrons. The van der Waals surface area contributed by atoms with Crippen LogP contribution in [0.15, 0.2) is 33.3 Å². The van der Waals surface area contributed by atoms with Gasteiger partial charge in [0, 0.05) is 20.5 Å². The van der Waals surface area contributed by atoms with Crippen molar-refractivity contribution in [3.05, 3.63) is 38.4 Å². The Bertz CT molecular complexity index is 462. The third kappa shape index (κ3) is 1.60. The van der Waals surface area contributed by atoms with E-state index >= 15 is 0 Å². The van der Waals surface area contributed by atoms with Gasteiger partial charge in [-0.3, -0.25) is 4.98 Å². The number of fused-ring (bicyclic) bond motifs is 1. The van der Waals surface area contributed by atoms with Crippen molar-refractivity contribution >= 4 is 54.4 Å². The lowest BCUT2D eigenvalue weighted by Gasteiger charge is -2.03. The van der Waals surface area contributed by atoms with Gasteiger partial charge >= 0.3 is 0 Å². The van der Waals surface area contributed by atoms with Gasteiger partial charge in [-0.05, 0) is 34.1 Å². The second-order valence-electron chi connectivity index (χ2n) is 2.55. The Labute approximate surface area is 97.4 Å². The van der Waals surface area contributed by atoms with E-state index in [4.69, 9.17) is 11.6 Å². The number of rotatable bonds is 0. The van der Waals surface area contributed by atoms with Gasteiger partial charge in [-0.1, -0.05) is 27.5 Å². The van der Waals surface area contributed by atoms with E-state index in [1.165, 1.54) is 0 Å². The average Bonchev–Trinajstić information content (AvgIpc) is 2.12. The van der Waals surface area contributed by atoms with Gasteiger partial charge in [0.25, 0.3) is 0 Å². The highest BCUT2D eigenvalue weighted by atomic mass is 79.9. The molecule has 0 N–H and O–H groups in total. The molecule has 0 unspecified atom stereocenters. The third-order valence-corrected chi connectivity index (χ3v) is 3.36. The van der Waals surface area contributed by atoms with E-state index < -0.39 is 0 Å². The first-order chi connectivity index (χ1) is 6.20. The zero-order chi connectivity index (χ0) is 9.42. The normalized spacial score (nSPS) is 10.7. The fourth-order valence-corrected chi connectivity index (χ4v) is 2.48. The number of hydrogen-bond donors (Lipinski definition) is 0. The average molecular weight is 321 g/mol. The van der Waals surface area contributed by atoms with Crippen LogP contribution in [-0.2, 0) is 0 Å². The Kier molecular flexibility index (Phi) is 2.58. The lowest BCUT2D eigenvalue weighted by Crippen LogP contribution is -1.82. The first-order valence-corrected chi connectivity index (χ1v) is 5.55. The van der Waals surface area contributed by atoms with Crippen LogP contribution >= 0.6 is 43.5 Å². The molecule has 0 aliphatic carbocycles. The van der Waals surface area contributed by atoms with Crippen LogP contribution in [0, 0.1) is 0 Å². The summed E-state index contributed by atoms with van der Waals surface area (Å²) < 4.78 is 1.91. The van der Waals surface area contributed by atoms with Gasteiger partial charge in [0.15, 0.2) is 0 Å². The minimum absolute atomic E-state index is 0.707. The minimum Gasteiger partial charge on any atom is -0.255 e. The Morgan fingerprint density at radius 2 is 1.77 bits per heavy atom. The van der Waals surface area contributed by atoms with Gasteiger partial charge < -0.3 is 0 Å². The summed E-state index contributed by atoms with van der Waals surface area (Å²) in [5.74, 6) is 0. The van der Waals surface area contributed by atoms with E-state index in [2.05, 4.69) is 36.8 Å². The van der Waals surface area contributed by atoms with Crippen molar-refractivity contribution in [3.63, 3.8) is 0 Å². The molecule has 2 aromatic rings. The van der Waals surface area contributed by atoms with Crippen molar-refractivity contribution < 1.29 is 0 Å². The summed E-state index contributed by atoms with van der Waals surface area (Å²) in [6.45, 7) is 0. The molecule has 13 heavy (non-hydrogen) atoms. The molecule has 1 aromatic carbocycles. The van der Waals surface area contributed by atoms with Crippen molar-refractivity contribution in [2.75, 3.05) is 0 Å². The number of halogens is 3. The predicted octanol–water partition coefficient (Wildman–Crippen LogP) is 4.41. The Balaban J connectivity index is 3.00. The van der Waals surface area contributed by atoms with Crippen molar-refractivity contribution in [3.8, 4) is 0 Å². The molecule has 2 rings (SSSR count). The molecule has 0 bridgehead atoms. The summed E-state index contributed by atoms with van der Waals surface area (Å²) in [5.41, 5.74) is 0.877. The van der Waals surface area contributed by atoms with E-state index in [-0.39, 0.29) is 0 Å². The van der Waals surface area contributed by atoms with Crippen LogP contribution in [0.4, 0.5) is 0 Å². The Hall–Kier alpha value is -0.120. The molecule has 0 saturated carbocycles. The number of nitrogens with zero attached hydrogens (tertiary/aromatic N) is 1. The topological polar surface area (TPSA) is 12.9 Å². The monoisotopic (exact) mass is 319 g/mol. The maximum atomic E-state index is 6.04. The van der Waals surface area contributed by atoms with Crippen molar-refractivity contribution in [2.24, 2.45) is 0 Å². The van der Waals surface area contributed by atoms with Crippen LogP contribution in [0.1, 0.15) is 0 Å². The number of hydrogen-bond acceptors (Lipinski definition) is 1. The summed E-state index contributed by atoms with van der Waals surface area (Å²) in [6, 6.07) is 5.66. The molecule has 0 saturated heterocycles. The predicted molar refractivity (Wildman–Crippen MR) is 62.2 cm³/mol. The zero-order valence-corrected chi connectivity index (χ0v) is 10.3. The molecule has 0 aliphatic rings. The first-order valence-electron chi connectivity index (χ1n) is 3.58.